The highest BCUT2D eigenvalue weighted by Crippen LogP contribution is 2.32. The molecule has 0 aliphatic rings. The van der Waals surface area contributed by atoms with Crippen molar-refractivity contribution in [2.24, 2.45) is 0 Å². The lowest BCUT2D eigenvalue weighted by molar-refractivity contribution is -0.141. The molecule has 1 atom stereocenters. The number of aliphatic hydroxyl groups excluding tert-OH is 1. The van der Waals surface area contributed by atoms with E-state index in [1.807, 2.05) is 48.5 Å². The fourth-order valence-corrected chi connectivity index (χ4v) is 3.11. The van der Waals surface area contributed by atoms with Crippen LogP contribution in [0.4, 0.5) is 0 Å². The van der Waals surface area contributed by atoms with Crippen LogP contribution >= 0.6 is 0 Å². The largest absolute Gasteiger partial charge is 0.491 e. The van der Waals surface area contributed by atoms with E-state index in [2.05, 4.69) is 43.9 Å². The first-order valence-electron chi connectivity index (χ1n) is 11.4. The number of para-hydroxylation sites is 1. The summed E-state index contributed by atoms with van der Waals surface area (Å²) in [5, 5.41) is 9.42. The number of aliphatic hydroxyl groups is 1. The Hall–Kier alpha value is -4.16. The van der Waals surface area contributed by atoms with E-state index in [0.717, 1.165) is 12.2 Å². The summed E-state index contributed by atoms with van der Waals surface area (Å²) >= 11 is 0. The molecule has 0 radical (unpaired) electrons. The van der Waals surface area contributed by atoms with Crippen molar-refractivity contribution in [3.8, 4) is 11.5 Å². The summed E-state index contributed by atoms with van der Waals surface area (Å²) in [5.74, 6) is 0.193. The standard InChI is InChI=1S/C18H18O2.C12H14O4/c1-4-17(19)20-16-12-10-15(11-13-16)18(2,3)14-8-6-5-7-9-14;1-2-12(14)16-9-10(13)8-15-11-6-4-3-5-7-11/h4-13H,1H2,2-3H3;2-7,10,13H,1,8-9H2. The quantitative estimate of drug-likeness (QED) is 0.238. The van der Waals surface area contributed by atoms with Gasteiger partial charge in [-0.05, 0) is 35.4 Å². The summed E-state index contributed by atoms with van der Waals surface area (Å²) in [6.07, 6.45) is 1.36. The first-order valence-corrected chi connectivity index (χ1v) is 11.4. The van der Waals surface area contributed by atoms with E-state index >= 15 is 0 Å². The Bertz CT molecular complexity index is 1110. The maximum absolute atomic E-state index is 11.1. The molecule has 1 unspecified atom stereocenters. The van der Waals surface area contributed by atoms with Crippen LogP contribution in [0.3, 0.4) is 0 Å². The molecule has 1 N–H and O–H groups in total. The summed E-state index contributed by atoms with van der Waals surface area (Å²) < 4.78 is 15.0. The predicted octanol–water partition coefficient (Wildman–Crippen LogP) is 5.26. The molecule has 188 valence electrons. The van der Waals surface area contributed by atoms with E-state index in [1.165, 1.54) is 11.1 Å². The second-order valence-corrected chi connectivity index (χ2v) is 8.25. The third-order valence-electron chi connectivity index (χ3n) is 5.23. The molecule has 36 heavy (non-hydrogen) atoms. The summed E-state index contributed by atoms with van der Waals surface area (Å²) in [5.41, 5.74) is 2.32. The van der Waals surface area contributed by atoms with Crippen LogP contribution in [-0.4, -0.2) is 36.4 Å². The van der Waals surface area contributed by atoms with Gasteiger partial charge in [0.05, 0.1) is 0 Å². The molecule has 6 nitrogen and oxygen atoms in total. The van der Waals surface area contributed by atoms with E-state index in [4.69, 9.17) is 9.47 Å². The Kier molecular flexibility index (Phi) is 11.1. The highest BCUT2D eigenvalue weighted by atomic mass is 16.5. The van der Waals surface area contributed by atoms with Crippen molar-refractivity contribution in [3.05, 3.63) is 121 Å². The van der Waals surface area contributed by atoms with Crippen LogP contribution < -0.4 is 9.47 Å². The Morgan fingerprint density at radius 2 is 1.31 bits per heavy atom. The zero-order chi connectivity index (χ0) is 26.4. The zero-order valence-electron chi connectivity index (χ0n) is 20.6. The molecule has 0 fully saturated rings. The molecule has 6 heteroatoms. The molecule has 0 saturated heterocycles. The molecule has 0 aliphatic heterocycles. The maximum Gasteiger partial charge on any atom is 0.335 e. The van der Waals surface area contributed by atoms with Gasteiger partial charge >= 0.3 is 11.9 Å². The number of ether oxygens (including phenoxy) is 3. The van der Waals surface area contributed by atoms with Gasteiger partial charge in [0.15, 0.2) is 0 Å². The first kappa shape index (κ1) is 28.1. The van der Waals surface area contributed by atoms with Crippen molar-refractivity contribution >= 4 is 11.9 Å². The second kappa shape index (κ2) is 14.3. The third kappa shape index (κ3) is 9.24. The highest BCUT2D eigenvalue weighted by Gasteiger charge is 2.22. The molecule has 3 aromatic rings. The molecule has 0 bridgehead atoms. The monoisotopic (exact) mass is 488 g/mol. The van der Waals surface area contributed by atoms with Crippen LogP contribution in [0.25, 0.3) is 0 Å². The van der Waals surface area contributed by atoms with Crippen molar-refractivity contribution in [2.75, 3.05) is 13.2 Å². The lowest BCUT2D eigenvalue weighted by atomic mass is 9.78. The van der Waals surface area contributed by atoms with E-state index in [-0.39, 0.29) is 18.6 Å². The Morgan fingerprint density at radius 3 is 1.86 bits per heavy atom. The highest BCUT2D eigenvalue weighted by molar-refractivity contribution is 5.83. The maximum atomic E-state index is 11.1. The molecular weight excluding hydrogens is 456 g/mol. The van der Waals surface area contributed by atoms with E-state index in [0.29, 0.717) is 11.5 Å². The van der Waals surface area contributed by atoms with Crippen LogP contribution in [0.15, 0.2) is 110 Å². The van der Waals surface area contributed by atoms with Crippen molar-refractivity contribution in [1.29, 1.82) is 0 Å². The molecule has 0 aliphatic carbocycles. The van der Waals surface area contributed by atoms with Gasteiger partial charge < -0.3 is 19.3 Å². The molecule has 0 heterocycles. The number of benzene rings is 3. The van der Waals surface area contributed by atoms with Crippen molar-refractivity contribution < 1.29 is 28.9 Å². The summed E-state index contributed by atoms with van der Waals surface area (Å²) in [6.45, 7) is 10.9. The average Bonchev–Trinajstić information content (AvgIpc) is 2.92. The van der Waals surface area contributed by atoms with Gasteiger partial charge in [0.25, 0.3) is 0 Å². The third-order valence-corrected chi connectivity index (χ3v) is 5.23. The van der Waals surface area contributed by atoms with Gasteiger partial charge in [-0.15, -0.1) is 0 Å². The Labute approximate surface area is 212 Å². The van der Waals surface area contributed by atoms with Crippen LogP contribution in [0.2, 0.25) is 0 Å². The van der Waals surface area contributed by atoms with Gasteiger partial charge in [-0.2, -0.15) is 0 Å². The number of esters is 2. The summed E-state index contributed by atoms with van der Waals surface area (Å²) in [4.78, 5) is 21.8. The smallest absolute Gasteiger partial charge is 0.335 e. The van der Waals surface area contributed by atoms with Gasteiger partial charge in [0.1, 0.15) is 30.8 Å². The van der Waals surface area contributed by atoms with Gasteiger partial charge in [0, 0.05) is 17.6 Å². The number of carbonyl (C=O) groups is 2. The average molecular weight is 489 g/mol. The molecule has 3 rings (SSSR count). The SMILES string of the molecule is C=CC(=O)OCC(O)COc1ccccc1.C=CC(=O)Oc1ccc(C(C)(C)c2ccccc2)cc1. The summed E-state index contributed by atoms with van der Waals surface area (Å²) in [6, 6.07) is 27.0. The minimum Gasteiger partial charge on any atom is -0.491 e. The van der Waals surface area contributed by atoms with Crippen LogP contribution in [-0.2, 0) is 19.7 Å². The number of hydrogen-bond donors (Lipinski definition) is 1. The summed E-state index contributed by atoms with van der Waals surface area (Å²) in [7, 11) is 0. The molecule has 3 aromatic carbocycles. The Morgan fingerprint density at radius 1 is 0.778 bits per heavy atom. The Balaban J connectivity index is 0.000000261. The molecule has 0 spiro atoms. The van der Waals surface area contributed by atoms with Gasteiger partial charge in [-0.1, -0.05) is 87.7 Å². The van der Waals surface area contributed by atoms with Gasteiger partial charge in [0.2, 0.25) is 0 Å². The fourth-order valence-electron chi connectivity index (χ4n) is 3.11. The topological polar surface area (TPSA) is 82.1 Å². The fraction of sp³-hybridized carbons (Fsp3) is 0.200. The van der Waals surface area contributed by atoms with Crippen LogP contribution in [0, 0.1) is 0 Å². The normalized spacial score (nSPS) is 11.2. The zero-order valence-corrected chi connectivity index (χ0v) is 20.6. The van der Waals surface area contributed by atoms with Gasteiger partial charge in [-0.3, -0.25) is 0 Å². The number of carbonyl (C=O) groups excluding carboxylic acids is 2. The number of rotatable bonds is 10. The minimum atomic E-state index is -0.843. The van der Waals surface area contributed by atoms with Crippen molar-refractivity contribution in [1.82, 2.24) is 0 Å². The molecule has 0 amide bonds. The minimum absolute atomic E-state index is 0.0778. The van der Waals surface area contributed by atoms with Crippen molar-refractivity contribution in [3.63, 3.8) is 0 Å². The van der Waals surface area contributed by atoms with Crippen LogP contribution in [0.1, 0.15) is 25.0 Å². The van der Waals surface area contributed by atoms with Crippen LogP contribution in [0.5, 0.6) is 11.5 Å². The molecular formula is C30H32O6. The second-order valence-electron chi connectivity index (χ2n) is 8.25. The molecule has 0 aromatic heterocycles. The lowest BCUT2D eigenvalue weighted by Gasteiger charge is -2.26. The number of hydrogen-bond acceptors (Lipinski definition) is 6. The molecule has 0 saturated carbocycles. The van der Waals surface area contributed by atoms with Crippen molar-refractivity contribution in [2.45, 2.75) is 25.4 Å². The van der Waals surface area contributed by atoms with Gasteiger partial charge in [-0.25, -0.2) is 9.59 Å². The van der Waals surface area contributed by atoms with E-state index in [9.17, 15) is 14.7 Å². The lowest BCUT2D eigenvalue weighted by Crippen LogP contribution is -2.24. The predicted molar refractivity (Wildman–Crippen MR) is 140 cm³/mol. The van der Waals surface area contributed by atoms with E-state index in [1.54, 1.807) is 24.3 Å². The first-order chi connectivity index (χ1) is 17.3. The van der Waals surface area contributed by atoms with E-state index < -0.39 is 18.0 Å².